The minimum absolute atomic E-state index is 0.260. The third-order valence-electron chi connectivity index (χ3n) is 2.35. The van der Waals surface area contributed by atoms with Crippen molar-refractivity contribution in [2.24, 2.45) is 5.73 Å². The minimum Gasteiger partial charge on any atom is -0.376 e. The largest absolute Gasteiger partial charge is 0.376 e. The van der Waals surface area contributed by atoms with Crippen molar-refractivity contribution in [2.45, 2.75) is 18.9 Å². The van der Waals surface area contributed by atoms with Crippen LogP contribution in [0.1, 0.15) is 12.8 Å². The van der Waals surface area contributed by atoms with E-state index in [-0.39, 0.29) is 12.8 Å². The monoisotopic (exact) mass is 190 g/mol. The molecule has 3 nitrogen and oxygen atoms in total. The summed E-state index contributed by atoms with van der Waals surface area (Å²) in [5, 5.41) is 0. The first-order valence-corrected chi connectivity index (χ1v) is 4.97. The first kappa shape index (κ1) is 10.9. The van der Waals surface area contributed by atoms with Gasteiger partial charge in [0.15, 0.2) is 0 Å². The van der Waals surface area contributed by atoms with Gasteiger partial charge in [-0.3, -0.25) is 4.90 Å². The first-order chi connectivity index (χ1) is 6.36. The SMILES string of the molecule is NCCC[C@@H]1CN(CCF)CCO1. The summed E-state index contributed by atoms with van der Waals surface area (Å²) >= 11 is 0. The van der Waals surface area contributed by atoms with Gasteiger partial charge in [-0.1, -0.05) is 0 Å². The highest BCUT2D eigenvalue weighted by molar-refractivity contribution is 4.71. The number of ether oxygens (including phenoxy) is 1. The summed E-state index contributed by atoms with van der Waals surface area (Å²) in [4.78, 5) is 2.12. The summed E-state index contributed by atoms with van der Waals surface area (Å²) in [6.07, 6.45) is 2.26. The van der Waals surface area contributed by atoms with Crippen LogP contribution in [-0.4, -0.2) is 50.5 Å². The Morgan fingerprint density at radius 1 is 1.54 bits per heavy atom. The zero-order chi connectivity index (χ0) is 9.52. The molecule has 0 aromatic heterocycles. The lowest BCUT2D eigenvalue weighted by atomic mass is 10.1. The standard InChI is InChI=1S/C9H19FN2O/c10-3-5-12-6-7-13-9(8-12)2-1-4-11/h9H,1-8,11H2/t9-/m1/s1. The lowest BCUT2D eigenvalue weighted by Gasteiger charge is -2.32. The van der Waals surface area contributed by atoms with E-state index >= 15 is 0 Å². The Bertz CT molecular complexity index is 133. The van der Waals surface area contributed by atoms with Gasteiger partial charge in [-0.25, -0.2) is 4.39 Å². The maximum absolute atomic E-state index is 12.1. The Morgan fingerprint density at radius 2 is 2.38 bits per heavy atom. The van der Waals surface area contributed by atoms with E-state index in [9.17, 15) is 4.39 Å². The smallest absolute Gasteiger partial charge is 0.102 e. The molecule has 13 heavy (non-hydrogen) atoms. The average molecular weight is 190 g/mol. The number of hydrogen-bond acceptors (Lipinski definition) is 3. The highest BCUT2D eigenvalue weighted by atomic mass is 19.1. The zero-order valence-corrected chi connectivity index (χ0v) is 8.04. The van der Waals surface area contributed by atoms with Crippen molar-refractivity contribution in [2.75, 3.05) is 39.5 Å². The summed E-state index contributed by atoms with van der Waals surface area (Å²) in [5.74, 6) is 0. The molecule has 0 aliphatic carbocycles. The molecule has 1 fully saturated rings. The van der Waals surface area contributed by atoms with E-state index in [4.69, 9.17) is 10.5 Å². The van der Waals surface area contributed by atoms with Crippen LogP contribution < -0.4 is 5.73 Å². The van der Waals surface area contributed by atoms with Gasteiger partial charge in [0, 0.05) is 19.6 Å². The lowest BCUT2D eigenvalue weighted by molar-refractivity contribution is -0.0336. The van der Waals surface area contributed by atoms with Crippen LogP contribution in [0.3, 0.4) is 0 Å². The first-order valence-electron chi connectivity index (χ1n) is 4.97. The minimum atomic E-state index is -0.260. The molecule has 4 heteroatoms. The van der Waals surface area contributed by atoms with Crippen LogP contribution in [0, 0.1) is 0 Å². The van der Waals surface area contributed by atoms with Gasteiger partial charge in [0.25, 0.3) is 0 Å². The molecule has 0 aromatic rings. The normalized spacial score (nSPS) is 24.9. The second-order valence-electron chi connectivity index (χ2n) is 3.41. The highest BCUT2D eigenvalue weighted by Gasteiger charge is 2.19. The van der Waals surface area contributed by atoms with Crippen molar-refractivity contribution >= 4 is 0 Å². The molecule has 0 unspecified atom stereocenters. The Labute approximate surface area is 79.0 Å². The second kappa shape index (κ2) is 6.29. The molecule has 1 saturated heterocycles. The maximum Gasteiger partial charge on any atom is 0.102 e. The number of rotatable bonds is 5. The van der Waals surface area contributed by atoms with Gasteiger partial charge in [-0.15, -0.1) is 0 Å². The van der Waals surface area contributed by atoms with E-state index in [1.165, 1.54) is 0 Å². The Kier molecular flexibility index (Phi) is 5.27. The second-order valence-corrected chi connectivity index (χ2v) is 3.41. The van der Waals surface area contributed by atoms with E-state index in [2.05, 4.69) is 4.90 Å². The molecular formula is C9H19FN2O. The maximum atomic E-state index is 12.1. The molecular weight excluding hydrogens is 171 g/mol. The molecule has 0 bridgehead atoms. The third kappa shape index (κ3) is 4.02. The average Bonchev–Trinajstić information content (AvgIpc) is 2.16. The number of hydrogen-bond donors (Lipinski definition) is 1. The van der Waals surface area contributed by atoms with Crippen LogP contribution in [0.5, 0.6) is 0 Å². The van der Waals surface area contributed by atoms with Crippen molar-refractivity contribution in [1.29, 1.82) is 0 Å². The van der Waals surface area contributed by atoms with E-state index in [0.29, 0.717) is 13.1 Å². The predicted octanol–water partition coefficient (Wildman–Crippen LogP) is 0.396. The van der Waals surface area contributed by atoms with E-state index < -0.39 is 0 Å². The fourth-order valence-corrected chi connectivity index (χ4v) is 1.62. The summed E-state index contributed by atoms with van der Waals surface area (Å²) < 4.78 is 17.6. The Hall–Kier alpha value is -0.190. The van der Waals surface area contributed by atoms with Crippen molar-refractivity contribution in [1.82, 2.24) is 4.90 Å². The van der Waals surface area contributed by atoms with Crippen LogP contribution in [0.4, 0.5) is 4.39 Å². The number of alkyl halides is 1. The van der Waals surface area contributed by atoms with Gasteiger partial charge < -0.3 is 10.5 Å². The predicted molar refractivity (Wildman–Crippen MR) is 50.4 cm³/mol. The van der Waals surface area contributed by atoms with E-state index in [0.717, 1.165) is 32.5 Å². The Morgan fingerprint density at radius 3 is 3.08 bits per heavy atom. The summed E-state index contributed by atoms with van der Waals surface area (Å²) in [7, 11) is 0. The van der Waals surface area contributed by atoms with Crippen LogP contribution in [0.15, 0.2) is 0 Å². The van der Waals surface area contributed by atoms with Crippen molar-refractivity contribution in [3.8, 4) is 0 Å². The number of halogens is 1. The molecule has 78 valence electrons. The van der Waals surface area contributed by atoms with Crippen LogP contribution in [-0.2, 0) is 4.74 Å². The van der Waals surface area contributed by atoms with Gasteiger partial charge in [0.2, 0.25) is 0 Å². The van der Waals surface area contributed by atoms with E-state index in [1.54, 1.807) is 0 Å². The summed E-state index contributed by atoms with van der Waals surface area (Å²) in [5.41, 5.74) is 5.41. The van der Waals surface area contributed by atoms with Crippen LogP contribution in [0.2, 0.25) is 0 Å². The fourth-order valence-electron chi connectivity index (χ4n) is 1.62. The molecule has 1 aliphatic heterocycles. The van der Waals surface area contributed by atoms with Crippen molar-refractivity contribution in [3.63, 3.8) is 0 Å². The molecule has 1 atom stereocenters. The molecule has 1 aliphatic rings. The lowest BCUT2D eigenvalue weighted by Crippen LogP contribution is -2.43. The topological polar surface area (TPSA) is 38.5 Å². The van der Waals surface area contributed by atoms with Gasteiger partial charge in [-0.05, 0) is 19.4 Å². The fraction of sp³-hybridized carbons (Fsp3) is 1.00. The molecule has 0 saturated carbocycles. The molecule has 1 rings (SSSR count). The third-order valence-corrected chi connectivity index (χ3v) is 2.35. The van der Waals surface area contributed by atoms with Gasteiger partial charge in [0.1, 0.15) is 6.67 Å². The van der Waals surface area contributed by atoms with Gasteiger partial charge in [-0.2, -0.15) is 0 Å². The van der Waals surface area contributed by atoms with Crippen LogP contribution >= 0.6 is 0 Å². The highest BCUT2D eigenvalue weighted by Crippen LogP contribution is 2.09. The van der Waals surface area contributed by atoms with Crippen molar-refractivity contribution in [3.05, 3.63) is 0 Å². The zero-order valence-electron chi connectivity index (χ0n) is 8.04. The van der Waals surface area contributed by atoms with Crippen LogP contribution in [0.25, 0.3) is 0 Å². The molecule has 0 aromatic carbocycles. The summed E-state index contributed by atoms with van der Waals surface area (Å²) in [6.45, 7) is 3.46. The quantitative estimate of drug-likeness (QED) is 0.682. The molecule has 1 heterocycles. The Balaban J connectivity index is 2.16. The number of nitrogens with two attached hydrogens (primary N) is 1. The number of morpholine rings is 1. The van der Waals surface area contributed by atoms with Crippen molar-refractivity contribution < 1.29 is 9.13 Å². The number of nitrogens with zero attached hydrogens (tertiary/aromatic N) is 1. The molecule has 2 N–H and O–H groups in total. The van der Waals surface area contributed by atoms with Gasteiger partial charge >= 0.3 is 0 Å². The molecule has 0 amide bonds. The molecule has 0 radical (unpaired) electrons. The molecule has 0 spiro atoms. The summed E-state index contributed by atoms with van der Waals surface area (Å²) in [6, 6.07) is 0. The van der Waals surface area contributed by atoms with E-state index in [1.807, 2.05) is 0 Å². The van der Waals surface area contributed by atoms with Gasteiger partial charge in [0.05, 0.1) is 12.7 Å².